The van der Waals surface area contributed by atoms with Gasteiger partial charge in [-0.05, 0) is 75.3 Å². The standard InChI is InChI=1S/C29H41N7O3S/c1-4-26(18-23-10-12-35(13-11-23)40(37,38)5-2)36-21-24(20-31-36)28-22(3)19-30-29(33-28)32-25-6-8-27(9-7-25)34-14-16-39-17-15-34/h6-9,19-21,23,26H,4-5,10-18H2,1-3H3,(H,30,32,33). The van der Waals surface area contributed by atoms with Gasteiger partial charge >= 0.3 is 0 Å². The number of sulfonamides is 1. The molecule has 0 spiro atoms. The number of hydrogen-bond donors (Lipinski definition) is 1. The molecule has 3 aromatic rings. The van der Waals surface area contributed by atoms with Crippen molar-refractivity contribution in [3.8, 4) is 11.3 Å². The van der Waals surface area contributed by atoms with Gasteiger partial charge in [0.1, 0.15) is 0 Å². The Morgan fingerprint density at radius 1 is 1.05 bits per heavy atom. The van der Waals surface area contributed by atoms with Crippen LogP contribution in [0.3, 0.4) is 0 Å². The lowest BCUT2D eigenvalue weighted by atomic mass is 9.90. The van der Waals surface area contributed by atoms with E-state index >= 15 is 0 Å². The topological polar surface area (TPSA) is 105 Å². The maximum atomic E-state index is 12.2. The molecule has 0 bridgehead atoms. The minimum absolute atomic E-state index is 0.173. The van der Waals surface area contributed by atoms with Crippen LogP contribution in [0.2, 0.25) is 0 Å². The highest BCUT2D eigenvalue weighted by atomic mass is 32.2. The van der Waals surface area contributed by atoms with E-state index in [9.17, 15) is 8.42 Å². The maximum Gasteiger partial charge on any atom is 0.227 e. The second kappa shape index (κ2) is 12.7. The Balaban J connectivity index is 1.23. The predicted octanol–water partition coefficient (Wildman–Crippen LogP) is 4.63. The SMILES string of the molecule is CCC(CC1CCN(S(=O)(=O)CC)CC1)n1cc(-c2nc(Nc3ccc(N4CCOCC4)cc3)ncc2C)cn1. The van der Waals surface area contributed by atoms with Gasteiger partial charge in [-0.3, -0.25) is 4.68 Å². The van der Waals surface area contributed by atoms with Crippen molar-refractivity contribution in [1.82, 2.24) is 24.1 Å². The molecule has 1 atom stereocenters. The number of rotatable bonds is 10. The number of aromatic nitrogens is 4. The van der Waals surface area contributed by atoms with E-state index in [0.29, 0.717) is 25.0 Å². The Morgan fingerprint density at radius 2 is 1.77 bits per heavy atom. The lowest BCUT2D eigenvalue weighted by Crippen LogP contribution is -2.39. The monoisotopic (exact) mass is 567 g/mol. The summed E-state index contributed by atoms with van der Waals surface area (Å²) >= 11 is 0. The van der Waals surface area contributed by atoms with Gasteiger partial charge in [-0.2, -0.15) is 5.10 Å². The Kier molecular flexibility index (Phi) is 9.02. The first-order chi connectivity index (χ1) is 19.4. The molecule has 11 heteroatoms. The molecule has 10 nitrogen and oxygen atoms in total. The lowest BCUT2D eigenvalue weighted by Gasteiger charge is -2.32. The third-order valence-electron chi connectivity index (χ3n) is 8.13. The van der Waals surface area contributed by atoms with Crippen molar-refractivity contribution >= 4 is 27.3 Å². The summed E-state index contributed by atoms with van der Waals surface area (Å²) in [5, 5.41) is 8.07. The van der Waals surface area contributed by atoms with Crippen molar-refractivity contribution in [2.75, 3.05) is 55.4 Å². The van der Waals surface area contributed by atoms with Crippen LogP contribution in [0.1, 0.15) is 51.1 Å². The van der Waals surface area contributed by atoms with E-state index in [1.807, 2.05) is 19.3 Å². The third-order valence-corrected chi connectivity index (χ3v) is 10.0. The van der Waals surface area contributed by atoms with Crippen LogP contribution in [0.5, 0.6) is 0 Å². The molecule has 4 heterocycles. The molecule has 0 amide bonds. The Hall–Kier alpha value is -3.02. The minimum atomic E-state index is -3.10. The predicted molar refractivity (Wildman–Crippen MR) is 158 cm³/mol. The molecule has 0 saturated carbocycles. The van der Waals surface area contributed by atoms with Crippen molar-refractivity contribution in [2.45, 2.75) is 52.5 Å². The van der Waals surface area contributed by atoms with Gasteiger partial charge in [0.2, 0.25) is 16.0 Å². The molecule has 1 unspecified atom stereocenters. The number of nitrogens with zero attached hydrogens (tertiary/aromatic N) is 6. The van der Waals surface area contributed by atoms with Gasteiger partial charge in [-0.15, -0.1) is 0 Å². The molecule has 2 aliphatic heterocycles. The lowest BCUT2D eigenvalue weighted by molar-refractivity contribution is 0.122. The number of ether oxygens (including phenoxy) is 1. The van der Waals surface area contributed by atoms with Crippen LogP contribution in [0.25, 0.3) is 11.3 Å². The van der Waals surface area contributed by atoms with Gasteiger partial charge in [0.15, 0.2) is 0 Å². The maximum absolute atomic E-state index is 12.2. The molecule has 0 radical (unpaired) electrons. The average Bonchev–Trinajstić information content (AvgIpc) is 3.48. The molecule has 1 aromatic carbocycles. The van der Waals surface area contributed by atoms with Crippen LogP contribution in [-0.2, 0) is 14.8 Å². The van der Waals surface area contributed by atoms with Crippen molar-refractivity contribution in [3.63, 3.8) is 0 Å². The summed E-state index contributed by atoms with van der Waals surface area (Å²) in [7, 11) is -3.10. The van der Waals surface area contributed by atoms with Crippen molar-refractivity contribution in [2.24, 2.45) is 5.92 Å². The molecule has 216 valence electrons. The first kappa shape index (κ1) is 28.5. The quantitative estimate of drug-likeness (QED) is 0.378. The third kappa shape index (κ3) is 6.64. The molecular formula is C29H41N7O3S. The van der Waals surface area contributed by atoms with E-state index < -0.39 is 10.0 Å². The van der Waals surface area contributed by atoms with Crippen molar-refractivity contribution in [3.05, 3.63) is 48.4 Å². The summed E-state index contributed by atoms with van der Waals surface area (Å²) in [4.78, 5) is 11.7. The highest BCUT2D eigenvalue weighted by molar-refractivity contribution is 7.89. The normalized spacial score (nSPS) is 18.1. The highest BCUT2D eigenvalue weighted by Gasteiger charge is 2.28. The molecule has 1 N–H and O–H groups in total. The number of morpholine rings is 1. The molecule has 5 rings (SSSR count). The molecule has 2 fully saturated rings. The van der Waals surface area contributed by atoms with Crippen LogP contribution in [-0.4, -0.2) is 77.6 Å². The van der Waals surface area contributed by atoms with E-state index in [-0.39, 0.29) is 11.8 Å². The Morgan fingerprint density at radius 3 is 2.45 bits per heavy atom. The minimum Gasteiger partial charge on any atom is -0.378 e. The van der Waals surface area contributed by atoms with Crippen LogP contribution < -0.4 is 10.2 Å². The van der Waals surface area contributed by atoms with E-state index in [4.69, 9.17) is 14.8 Å². The Labute approximate surface area is 237 Å². The number of aryl methyl sites for hydroxylation is 1. The van der Waals surface area contributed by atoms with E-state index in [1.165, 1.54) is 5.69 Å². The second-order valence-electron chi connectivity index (χ2n) is 10.7. The van der Waals surface area contributed by atoms with Gasteiger partial charge in [0.05, 0.1) is 36.9 Å². The van der Waals surface area contributed by atoms with Gasteiger partial charge in [0.25, 0.3) is 0 Å². The van der Waals surface area contributed by atoms with Crippen LogP contribution in [0.4, 0.5) is 17.3 Å². The van der Waals surface area contributed by atoms with Gasteiger partial charge in [-0.25, -0.2) is 22.7 Å². The van der Waals surface area contributed by atoms with E-state index in [1.54, 1.807) is 11.2 Å². The number of anilines is 3. The number of benzene rings is 1. The van der Waals surface area contributed by atoms with Crippen molar-refractivity contribution in [1.29, 1.82) is 0 Å². The van der Waals surface area contributed by atoms with Crippen molar-refractivity contribution < 1.29 is 13.2 Å². The van der Waals surface area contributed by atoms with E-state index in [2.05, 4.69) is 57.3 Å². The smallest absolute Gasteiger partial charge is 0.227 e. The molecule has 2 saturated heterocycles. The first-order valence-corrected chi connectivity index (χ1v) is 16.0. The molecular weight excluding hydrogens is 526 g/mol. The molecule has 2 aliphatic rings. The zero-order valence-corrected chi connectivity index (χ0v) is 24.6. The van der Waals surface area contributed by atoms with Gasteiger partial charge in [-0.1, -0.05) is 6.92 Å². The summed E-state index contributed by atoms with van der Waals surface area (Å²) in [6, 6.07) is 8.60. The number of nitrogens with one attached hydrogen (secondary N) is 1. The average molecular weight is 568 g/mol. The van der Waals surface area contributed by atoms with Gasteiger partial charge < -0.3 is 15.0 Å². The van der Waals surface area contributed by atoms with E-state index in [0.717, 1.165) is 74.5 Å². The van der Waals surface area contributed by atoms with Crippen LogP contribution in [0.15, 0.2) is 42.9 Å². The summed E-state index contributed by atoms with van der Waals surface area (Å²) < 4.78 is 33.6. The van der Waals surface area contributed by atoms with Crippen LogP contribution >= 0.6 is 0 Å². The summed E-state index contributed by atoms with van der Waals surface area (Å²) in [6.07, 6.45) is 9.57. The summed E-state index contributed by atoms with van der Waals surface area (Å²) in [5.41, 5.74) is 4.94. The number of hydrogen-bond acceptors (Lipinski definition) is 8. The molecule has 2 aromatic heterocycles. The fourth-order valence-corrected chi connectivity index (χ4v) is 6.75. The zero-order valence-electron chi connectivity index (χ0n) is 23.8. The Bertz CT molecular complexity index is 1360. The zero-order chi connectivity index (χ0) is 28.1. The first-order valence-electron chi connectivity index (χ1n) is 14.4. The second-order valence-corrected chi connectivity index (χ2v) is 13.0. The summed E-state index contributed by atoms with van der Waals surface area (Å²) in [5.74, 6) is 1.21. The largest absolute Gasteiger partial charge is 0.378 e. The fourth-order valence-electron chi connectivity index (χ4n) is 5.61. The molecule has 40 heavy (non-hydrogen) atoms. The van der Waals surface area contributed by atoms with Crippen LogP contribution in [0, 0.1) is 12.8 Å². The molecule has 0 aliphatic carbocycles. The van der Waals surface area contributed by atoms with Gasteiger partial charge in [0, 0.05) is 55.5 Å². The summed E-state index contributed by atoms with van der Waals surface area (Å²) in [6.45, 7) is 10.5. The number of piperidine rings is 1. The fraction of sp³-hybridized carbons (Fsp3) is 0.552. The highest BCUT2D eigenvalue weighted by Crippen LogP contribution is 2.31.